The van der Waals surface area contributed by atoms with Crippen molar-refractivity contribution in [2.24, 2.45) is 0 Å². The van der Waals surface area contributed by atoms with Crippen LogP contribution in [-0.4, -0.2) is 21.0 Å². The summed E-state index contributed by atoms with van der Waals surface area (Å²) in [6, 6.07) is 4.59. The summed E-state index contributed by atoms with van der Waals surface area (Å²) in [6.45, 7) is 3.46. The van der Waals surface area contributed by atoms with Crippen LogP contribution in [0.15, 0.2) is 36.7 Å². The normalized spacial score (nSPS) is 20.4. The van der Waals surface area contributed by atoms with E-state index in [1.54, 1.807) is 37.5 Å². The van der Waals surface area contributed by atoms with Gasteiger partial charge in [-0.2, -0.15) is 0 Å². The van der Waals surface area contributed by atoms with Crippen molar-refractivity contribution in [3.8, 4) is 0 Å². The van der Waals surface area contributed by atoms with E-state index in [0.717, 1.165) is 11.3 Å². The number of nitrogens with zero attached hydrogens (tertiary/aromatic N) is 2. The largest absolute Gasteiger partial charge is 0.480 e. The van der Waals surface area contributed by atoms with Crippen LogP contribution in [-0.2, 0) is 10.2 Å². The zero-order chi connectivity index (χ0) is 16.6. The number of aliphatic carboxylic acids is 1. The Morgan fingerprint density at radius 1 is 1.26 bits per heavy atom. The van der Waals surface area contributed by atoms with Gasteiger partial charge in [-0.1, -0.05) is 18.2 Å². The zero-order valence-electron chi connectivity index (χ0n) is 13.0. The maximum absolute atomic E-state index is 13.9. The molecule has 0 unspecified atom stereocenters. The summed E-state index contributed by atoms with van der Waals surface area (Å²) in [5.74, 6) is -1.36. The van der Waals surface area contributed by atoms with Gasteiger partial charge < -0.3 is 5.11 Å². The molecule has 3 rings (SSSR count). The highest BCUT2D eigenvalue weighted by Crippen LogP contribution is 2.44. The molecule has 118 valence electrons. The fraction of sp³-hybridized carbons (Fsp3) is 0.278. The Kier molecular flexibility index (Phi) is 3.72. The number of benzene rings is 1. The second kappa shape index (κ2) is 5.57. The summed E-state index contributed by atoms with van der Waals surface area (Å²) in [6.07, 6.45) is 5.97. The second-order valence-electron chi connectivity index (χ2n) is 5.90. The summed E-state index contributed by atoms with van der Waals surface area (Å²) in [4.78, 5) is 20.5. The number of carboxylic acids is 1. The lowest BCUT2D eigenvalue weighted by molar-refractivity contribution is -0.141. The quantitative estimate of drug-likeness (QED) is 0.943. The number of allylic oxidation sites excluding steroid dienone is 1. The number of aryl methyl sites for hydroxylation is 1. The number of rotatable bonds is 3. The topological polar surface area (TPSA) is 63.1 Å². The van der Waals surface area contributed by atoms with E-state index in [0.29, 0.717) is 29.7 Å². The molecule has 0 amide bonds. The van der Waals surface area contributed by atoms with Gasteiger partial charge in [0, 0.05) is 6.20 Å². The van der Waals surface area contributed by atoms with E-state index in [4.69, 9.17) is 0 Å². The lowest BCUT2D eigenvalue weighted by atomic mass is 9.78. The average Bonchev–Trinajstić information content (AvgIpc) is 2.97. The maximum atomic E-state index is 13.9. The van der Waals surface area contributed by atoms with Gasteiger partial charge in [0.25, 0.3) is 0 Å². The Morgan fingerprint density at radius 2 is 2.04 bits per heavy atom. The molecule has 1 aromatic carbocycles. The van der Waals surface area contributed by atoms with Gasteiger partial charge in [-0.25, -0.2) is 4.39 Å². The molecular formula is C18H17FN2O2. The summed E-state index contributed by atoms with van der Waals surface area (Å²) in [5.41, 5.74) is 1.98. The van der Waals surface area contributed by atoms with E-state index in [9.17, 15) is 14.3 Å². The van der Waals surface area contributed by atoms with Gasteiger partial charge in [0.15, 0.2) is 0 Å². The molecule has 1 aliphatic rings. The molecule has 1 N–H and O–H groups in total. The van der Waals surface area contributed by atoms with Crippen molar-refractivity contribution >= 4 is 11.5 Å². The molecule has 0 saturated heterocycles. The molecule has 23 heavy (non-hydrogen) atoms. The third-order valence-corrected chi connectivity index (χ3v) is 4.45. The summed E-state index contributed by atoms with van der Waals surface area (Å²) < 4.78 is 13.9. The van der Waals surface area contributed by atoms with Crippen molar-refractivity contribution < 1.29 is 14.3 Å². The Balaban J connectivity index is 2.12. The van der Waals surface area contributed by atoms with Gasteiger partial charge in [0.05, 0.1) is 17.6 Å². The smallest absolute Gasteiger partial charge is 0.318 e. The van der Waals surface area contributed by atoms with Gasteiger partial charge in [0.2, 0.25) is 0 Å². The van der Waals surface area contributed by atoms with Crippen molar-refractivity contribution in [2.75, 3.05) is 0 Å². The predicted octanol–water partition coefficient (Wildman–Crippen LogP) is 3.43. The molecule has 0 spiro atoms. The van der Waals surface area contributed by atoms with Gasteiger partial charge in [-0.15, -0.1) is 0 Å². The van der Waals surface area contributed by atoms with Crippen LogP contribution in [0.25, 0.3) is 5.57 Å². The zero-order valence-corrected chi connectivity index (χ0v) is 13.0. The highest BCUT2D eigenvalue weighted by Gasteiger charge is 2.43. The lowest BCUT2D eigenvalue weighted by Gasteiger charge is -2.24. The van der Waals surface area contributed by atoms with Gasteiger partial charge in [0.1, 0.15) is 11.2 Å². The Bertz CT molecular complexity index is 799. The predicted molar refractivity (Wildman–Crippen MR) is 84.4 cm³/mol. The van der Waals surface area contributed by atoms with Gasteiger partial charge >= 0.3 is 5.97 Å². The minimum Gasteiger partial charge on any atom is -0.480 e. The Labute approximate surface area is 133 Å². The first-order valence-electron chi connectivity index (χ1n) is 7.44. The molecule has 1 aliphatic carbocycles. The molecule has 0 bridgehead atoms. The standard InChI is InChI=1S/C18H17FN2O2/c1-11-9-21-16(10-20-11)13-6-7-18(8-13,17(22)23)14-4-3-5-15(19)12(14)2/h3-5,8-10H,6-7H2,1-2H3,(H,22,23)/t18-/m1/s1. The first kappa shape index (κ1) is 15.3. The van der Waals surface area contributed by atoms with Crippen LogP contribution in [0.4, 0.5) is 4.39 Å². The summed E-state index contributed by atoms with van der Waals surface area (Å²) in [5, 5.41) is 9.84. The SMILES string of the molecule is Cc1cnc(C2=C[C@@](C(=O)O)(c3cccc(F)c3C)CC2)cn1. The third kappa shape index (κ3) is 2.52. The molecule has 0 radical (unpaired) electrons. The number of hydrogen-bond acceptors (Lipinski definition) is 3. The molecule has 1 aromatic heterocycles. The van der Waals surface area contributed by atoms with E-state index in [2.05, 4.69) is 9.97 Å². The molecule has 1 atom stereocenters. The molecular weight excluding hydrogens is 295 g/mol. The fourth-order valence-corrected chi connectivity index (χ4v) is 3.12. The van der Waals surface area contributed by atoms with E-state index in [-0.39, 0.29) is 5.82 Å². The van der Waals surface area contributed by atoms with Gasteiger partial charge in [-0.3, -0.25) is 14.8 Å². The molecule has 0 aliphatic heterocycles. The first-order valence-corrected chi connectivity index (χ1v) is 7.44. The molecule has 1 heterocycles. The van der Waals surface area contributed by atoms with Crippen LogP contribution >= 0.6 is 0 Å². The minimum absolute atomic E-state index is 0.377. The van der Waals surface area contributed by atoms with Crippen molar-refractivity contribution in [3.63, 3.8) is 0 Å². The van der Waals surface area contributed by atoms with Crippen LogP contribution in [0.1, 0.15) is 35.4 Å². The van der Waals surface area contributed by atoms with Crippen molar-refractivity contribution in [2.45, 2.75) is 32.1 Å². The van der Waals surface area contributed by atoms with E-state index >= 15 is 0 Å². The molecule has 4 nitrogen and oxygen atoms in total. The van der Waals surface area contributed by atoms with E-state index in [1.807, 2.05) is 6.92 Å². The molecule has 0 saturated carbocycles. The van der Waals surface area contributed by atoms with Crippen molar-refractivity contribution in [1.82, 2.24) is 9.97 Å². The van der Waals surface area contributed by atoms with Crippen molar-refractivity contribution in [1.29, 1.82) is 0 Å². The first-order chi connectivity index (χ1) is 10.9. The molecule has 2 aromatic rings. The number of carboxylic acid groups (broad SMARTS) is 1. The van der Waals surface area contributed by atoms with Crippen LogP contribution in [0, 0.1) is 19.7 Å². The summed E-state index contributed by atoms with van der Waals surface area (Å²) >= 11 is 0. The molecule has 5 heteroatoms. The monoisotopic (exact) mass is 312 g/mol. The fourth-order valence-electron chi connectivity index (χ4n) is 3.12. The summed E-state index contributed by atoms with van der Waals surface area (Å²) in [7, 11) is 0. The Morgan fingerprint density at radius 3 is 2.70 bits per heavy atom. The molecule has 0 fully saturated rings. The van der Waals surface area contributed by atoms with Crippen molar-refractivity contribution in [3.05, 3.63) is 65.0 Å². The van der Waals surface area contributed by atoms with Crippen LogP contribution < -0.4 is 0 Å². The second-order valence-corrected chi connectivity index (χ2v) is 5.90. The minimum atomic E-state index is -1.21. The third-order valence-electron chi connectivity index (χ3n) is 4.45. The van der Waals surface area contributed by atoms with E-state index in [1.165, 1.54) is 6.07 Å². The number of aromatic nitrogens is 2. The number of carbonyl (C=O) groups is 1. The Hall–Kier alpha value is -2.56. The number of hydrogen-bond donors (Lipinski definition) is 1. The van der Waals surface area contributed by atoms with Crippen LogP contribution in [0.5, 0.6) is 0 Å². The van der Waals surface area contributed by atoms with Crippen LogP contribution in [0.3, 0.4) is 0 Å². The number of halogens is 1. The van der Waals surface area contributed by atoms with Gasteiger partial charge in [-0.05, 0) is 49.5 Å². The highest BCUT2D eigenvalue weighted by molar-refractivity contribution is 5.89. The maximum Gasteiger partial charge on any atom is 0.318 e. The lowest BCUT2D eigenvalue weighted by Crippen LogP contribution is -2.32. The van der Waals surface area contributed by atoms with E-state index < -0.39 is 11.4 Å². The average molecular weight is 312 g/mol. The highest BCUT2D eigenvalue weighted by atomic mass is 19.1. The van der Waals surface area contributed by atoms with Crippen LogP contribution in [0.2, 0.25) is 0 Å².